The Morgan fingerprint density at radius 1 is 0.892 bits per heavy atom. The molecule has 4 saturated carbocycles. The molecule has 0 amide bonds. The van der Waals surface area contributed by atoms with Gasteiger partial charge in [-0.15, -0.1) is 0 Å². The second kappa shape index (κ2) is 9.19. The third-order valence-electron chi connectivity index (χ3n) is 7.47. The van der Waals surface area contributed by atoms with Crippen LogP contribution in [0.4, 0.5) is 17.6 Å². The third-order valence-corrected chi connectivity index (χ3v) is 8.99. The average molecular weight is 653 g/mol. The first kappa shape index (κ1) is 26.4. The molecule has 0 aliphatic heterocycles. The predicted molar refractivity (Wildman–Crippen MR) is 125 cm³/mol. The molecule has 2 aromatic carbocycles. The van der Waals surface area contributed by atoms with Gasteiger partial charge in [-0.2, -0.15) is 8.78 Å². The number of hydrogen-bond donors (Lipinski definition) is 0. The number of halogens is 5. The van der Waals surface area contributed by atoms with E-state index in [0.29, 0.717) is 40.6 Å². The number of rotatable bonds is 5. The van der Waals surface area contributed by atoms with E-state index in [2.05, 4.69) is 4.74 Å². The smallest absolute Gasteiger partial charge is 0.347 e. The van der Waals surface area contributed by atoms with E-state index in [1.807, 2.05) is 22.6 Å². The lowest BCUT2D eigenvalue weighted by Gasteiger charge is -2.55. The molecule has 4 aliphatic rings. The third kappa shape index (κ3) is 4.62. The minimum absolute atomic E-state index is 0.266. The highest BCUT2D eigenvalue weighted by Crippen LogP contribution is 2.60. The molecule has 0 unspecified atom stereocenters. The highest BCUT2D eigenvalue weighted by atomic mass is 127. The van der Waals surface area contributed by atoms with Crippen LogP contribution in [-0.4, -0.2) is 24.9 Å². The van der Waals surface area contributed by atoms with Gasteiger partial charge in [0.15, 0.2) is 11.6 Å². The zero-order chi connectivity index (χ0) is 26.9. The van der Waals surface area contributed by atoms with Gasteiger partial charge < -0.3 is 14.0 Å². The number of hydrogen-bond acceptors (Lipinski definition) is 7. The van der Waals surface area contributed by atoms with Crippen molar-refractivity contribution in [3.8, 4) is 11.5 Å². The van der Waals surface area contributed by atoms with Crippen LogP contribution in [0.1, 0.15) is 48.9 Å². The average Bonchev–Trinajstić information content (AvgIpc) is 2.79. The Labute approximate surface area is 222 Å². The normalized spacial score (nSPS) is 26.3. The second-order valence-corrected chi connectivity index (χ2v) is 12.5. The molecule has 0 atom stereocenters. The largest absolute Gasteiger partial charge is 0.744 e. The molecule has 0 heterocycles. The molecule has 4 aliphatic carbocycles. The summed E-state index contributed by atoms with van der Waals surface area (Å²) < 4.78 is 101. The Morgan fingerprint density at radius 3 is 1.89 bits per heavy atom. The van der Waals surface area contributed by atoms with E-state index in [4.69, 9.17) is 4.74 Å². The van der Waals surface area contributed by atoms with E-state index < -0.39 is 66.9 Å². The molecule has 0 spiro atoms. The van der Waals surface area contributed by atoms with Crippen LogP contribution in [0.3, 0.4) is 0 Å². The molecule has 198 valence electrons. The molecule has 7 nitrogen and oxygen atoms in total. The standard InChI is InChI=1S/C24H19F4IO7S/c25-16-18(27)21(37(32,33)34)19(28)17(26)20(16)36-22(30)14-2-1-13(29)6-15(14)35-23(31)24-7-10-3-11(8-24)5-12(4-10)9-24/h1-2,6,10-12H,3-5,7-9H2,(H,32,33,34)/p-1. The van der Waals surface area contributed by atoms with Crippen molar-refractivity contribution >= 4 is 44.6 Å². The molecule has 2 aromatic rings. The number of benzene rings is 2. The summed E-state index contributed by atoms with van der Waals surface area (Å²) >= 11 is 1.89. The number of carbonyl (C=O) groups excluding carboxylic acids is 2. The van der Waals surface area contributed by atoms with Crippen LogP contribution in [0.25, 0.3) is 0 Å². The quantitative estimate of drug-likeness (QED) is 0.110. The van der Waals surface area contributed by atoms with Crippen LogP contribution in [0.15, 0.2) is 23.1 Å². The summed E-state index contributed by atoms with van der Waals surface area (Å²) in [5, 5.41) is 0. The maximum Gasteiger partial charge on any atom is 0.347 e. The van der Waals surface area contributed by atoms with E-state index in [-0.39, 0.29) is 5.75 Å². The lowest BCUT2D eigenvalue weighted by atomic mass is 9.49. The lowest BCUT2D eigenvalue weighted by molar-refractivity contribution is -0.161. The molecular formula is C24H18F4IO7S-. The Bertz CT molecular complexity index is 1380. The molecular weight excluding hydrogens is 635 g/mol. The molecule has 0 radical (unpaired) electrons. The fourth-order valence-corrected chi connectivity index (χ4v) is 7.45. The minimum Gasteiger partial charge on any atom is -0.744 e. The Kier molecular flexibility index (Phi) is 6.54. The Morgan fingerprint density at radius 2 is 1.41 bits per heavy atom. The first-order valence-electron chi connectivity index (χ1n) is 11.3. The van der Waals surface area contributed by atoms with Crippen LogP contribution in [0, 0.1) is 50.0 Å². The van der Waals surface area contributed by atoms with Gasteiger partial charge in [0.25, 0.3) is 0 Å². The first-order chi connectivity index (χ1) is 17.3. The van der Waals surface area contributed by atoms with E-state index >= 15 is 0 Å². The van der Waals surface area contributed by atoms with Crippen molar-refractivity contribution in [3.05, 3.63) is 50.6 Å². The SMILES string of the molecule is O=C(Oc1c(F)c(F)c(S(=O)(=O)[O-])c(F)c1F)c1ccc(I)cc1OC(=O)C12CC3CC(CC(C3)C1)C2. The molecule has 4 fully saturated rings. The van der Waals surface area contributed by atoms with Crippen LogP contribution in [0.2, 0.25) is 0 Å². The number of ether oxygens (including phenoxy) is 2. The summed E-state index contributed by atoms with van der Waals surface area (Å²) in [4.78, 5) is 23.8. The molecule has 4 bridgehead atoms. The van der Waals surface area contributed by atoms with Crippen molar-refractivity contribution in [2.24, 2.45) is 23.2 Å². The van der Waals surface area contributed by atoms with Gasteiger partial charge in [0.2, 0.25) is 17.4 Å². The monoisotopic (exact) mass is 653 g/mol. The minimum atomic E-state index is -5.93. The topological polar surface area (TPSA) is 110 Å². The van der Waals surface area contributed by atoms with Crippen LogP contribution < -0.4 is 9.47 Å². The molecule has 13 heteroatoms. The molecule has 6 rings (SSSR count). The molecule has 0 saturated heterocycles. The number of carbonyl (C=O) groups is 2. The summed E-state index contributed by atoms with van der Waals surface area (Å²) in [6, 6.07) is 3.88. The molecule has 0 aromatic heterocycles. The summed E-state index contributed by atoms with van der Waals surface area (Å²) in [6.45, 7) is 0. The molecule has 0 N–H and O–H groups in total. The number of esters is 2. The summed E-state index contributed by atoms with van der Waals surface area (Å²) in [6.07, 6.45) is 5.24. The fourth-order valence-electron chi connectivity index (χ4n) is 6.37. The van der Waals surface area contributed by atoms with Gasteiger partial charge in [0, 0.05) is 3.57 Å². The van der Waals surface area contributed by atoms with Gasteiger partial charge in [-0.1, -0.05) is 0 Å². The fraction of sp³-hybridized carbons (Fsp3) is 0.417. The van der Waals surface area contributed by atoms with Gasteiger partial charge >= 0.3 is 11.9 Å². The van der Waals surface area contributed by atoms with E-state index in [1.54, 1.807) is 0 Å². The highest BCUT2D eigenvalue weighted by molar-refractivity contribution is 14.1. The van der Waals surface area contributed by atoms with Crippen LogP contribution >= 0.6 is 22.6 Å². The van der Waals surface area contributed by atoms with Crippen molar-refractivity contribution in [1.82, 2.24) is 0 Å². The van der Waals surface area contributed by atoms with Gasteiger partial charge in [0.05, 0.1) is 5.41 Å². The maximum absolute atomic E-state index is 14.4. The summed E-state index contributed by atoms with van der Waals surface area (Å²) in [5.41, 5.74) is -1.15. The van der Waals surface area contributed by atoms with Gasteiger partial charge in [-0.05, 0) is 97.1 Å². The predicted octanol–water partition coefficient (Wildman–Crippen LogP) is 5.09. The van der Waals surface area contributed by atoms with E-state index in [9.17, 15) is 40.1 Å². The highest BCUT2D eigenvalue weighted by Gasteiger charge is 2.55. The first-order valence-corrected chi connectivity index (χ1v) is 13.8. The van der Waals surface area contributed by atoms with E-state index in [0.717, 1.165) is 25.3 Å². The van der Waals surface area contributed by atoms with Crippen LogP contribution in [-0.2, 0) is 14.9 Å². The Hall–Kier alpha value is -2.26. The molecule has 37 heavy (non-hydrogen) atoms. The second-order valence-electron chi connectivity index (χ2n) is 9.99. The van der Waals surface area contributed by atoms with Crippen molar-refractivity contribution in [3.63, 3.8) is 0 Å². The van der Waals surface area contributed by atoms with Crippen molar-refractivity contribution in [2.45, 2.75) is 43.4 Å². The lowest BCUT2D eigenvalue weighted by Crippen LogP contribution is -2.51. The van der Waals surface area contributed by atoms with Gasteiger partial charge in [-0.25, -0.2) is 22.0 Å². The Balaban J connectivity index is 1.45. The summed E-state index contributed by atoms with van der Waals surface area (Å²) in [5.74, 6) is -12.8. The van der Waals surface area contributed by atoms with E-state index in [1.165, 1.54) is 12.1 Å². The van der Waals surface area contributed by atoms with Crippen molar-refractivity contribution < 1.29 is 49.6 Å². The van der Waals surface area contributed by atoms with Crippen LogP contribution in [0.5, 0.6) is 11.5 Å². The van der Waals surface area contributed by atoms with Gasteiger partial charge in [0.1, 0.15) is 26.3 Å². The van der Waals surface area contributed by atoms with Crippen molar-refractivity contribution in [1.29, 1.82) is 0 Å². The summed E-state index contributed by atoms with van der Waals surface area (Å²) in [7, 11) is -5.93. The van der Waals surface area contributed by atoms with Crippen molar-refractivity contribution in [2.75, 3.05) is 0 Å². The van der Waals surface area contributed by atoms with Gasteiger partial charge in [-0.3, -0.25) is 4.79 Å². The maximum atomic E-state index is 14.4. The zero-order valence-corrected chi connectivity index (χ0v) is 21.8. The zero-order valence-electron chi connectivity index (χ0n) is 18.9.